The highest BCUT2D eigenvalue weighted by molar-refractivity contribution is 9.10. The minimum atomic E-state index is -0.446. The van der Waals surface area contributed by atoms with Gasteiger partial charge in [-0.15, -0.1) is 10.2 Å². The van der Waals surface area contributed by atoms with Crippen molar-refractivity contribution >= 4 is 33.7 Å². The van der Waals surface area contributed by atoms with Crippen molar-refractivity contribution in [3.05, 3.63) is 70.0 Å². The molecule has 31 heavy (non-hydrogen) atoms. The molecule has 0 unspecified atom stereocenters. The molecule has 1 aromatic heterocycles. The molecule has 1 fully saturated rings. The van der Waals surface area contributed by atoms with E-state index >= 15 is 0 Å². The van der Waals surface area contributed by atoms with Crippen molar-refractivity contribution in [2.75, 3.05) is 6.54 Å². The molecule has 5 rings (SSSR count). The second-order valence-electron chi connectivity index (χ2n) is 7.48. The summed E-state index contributed by atoms with van der Waals surface area (Å²) in [5.41, 5.74) is 1.41. The van der Waals surface area contributed by atoms with E-state index in [0.717, 1.165) is 27.8 Å². The Morgan fingerprint density at radius 3 is 2.23 bits per heavy atom. The van der Waals surface area contributed by atoms with E-state index < -0.39 is 11.8 Å². The van der Waals surface area contributed by atoms with E-state index in [9.17, 15) is 14.4 Å². The number of amides is 3. The van der Waals surface area contributed by atoms with Gasteiger partial charge in [-0.05, 0) is 53.0 Å². The summed E-state index contributed by atoms with van der Waals surface area (Å²) in [6, 6.07) is 14.1. The Morgan fingerprint density at radius 2 is 1.61 bits per heavy atom. The lowest BCUT2D eigenvalue weighted by molar-refractivity contribution is -0.133. The molecule has 3 aromatic rings. The molecule has 1 aliphatic heterocycles. The number of carbonyl (C=O) groups is 3. The summed E-state index contributed by atoms with van der Waals surface area (Å²) in [7, 11) is 0. The normalized spacial score (nSPS) is 15.3. The van der Waals surface area contributed by atoms with E-state index in [0.29, 0.717) is 22.9 Å². The summed E-state index contributed by atoms with van der Waals surface area (Å²) < 4.78 is 6.60. The van der Waals surface area contributed by atoms with E-state index in [1.807, 2.05) is 24.3 Å². The fourth-order valence-corrected chi connectivity index (χ4v) is 4.08. The molecule has 9 heteroatoms. The average Bonchev–Trinajstić information content (AvgIpc) is 3.47. The van der Waals surface area contributed by atoms with Crippen molar-refractivity contribution < 1.29 is 18.8 Å². The topological polar surface area (TPSA) is 96.6 Å². The van der Waals surface area contributed by atoms with Gasteiger partial charge in [0.1, 0.15) is 6.54 Å². The summed E-state index contributed by atoms with van der Waals surface area (Å²) in [5, 5.41) is 8.17. The summed E-state index contributed by atoms with van der Waals surface area (Å²) in [5.74, 6) is -0.561. The van der Waals surface area contributed by atoms with Gasteiger partial charge in [0.05, 0.1) is 23.2 Å². The highest BCUT2D eigenvalue weighted by Crippen LogP contribution is 2.31. The second kappa shape index (κ2) is 7.73. The van der Waals surface area contributed by atoms with Crippen LogP contribution in [0.5, 0.6) is 0 Å². The molecule has 2 aliphatic rings. The first-order valence-electron chi connectivity index (χ1n) is 9.85. The number of hydrogen-bond donors (Lipinski definition) is 0. The van der Waals surface area contributed by atoms with E-state index in [-0.39, 0.29) is 25.0 Å². The van der Waals surface area contributed by atoms with Crippen LogP contribution < -0.4 is 0 Å². The SMILES string of the molecule is O=C1c2ccccc2C(=O)N1CC(=O)N(Cc1nnc(-c2ccccc2Br)o1)C1CC1. The zero-order valence-electron chi connectivity index (χ0n) is 16.3. The van der Waals surface area contributed by atoms with Gasteiger partial charge in [-0.1, -0.05) is 24.3 Å². The van der Waals surface area contributed by atoms with Crippen LogP contribution in [0.1, 0.15) is 39.4 Å². The van der Waals surface area contributed by atoms with Gasteiger partial charge in [0, 0.05) is 10.5 Å². The van der Waals surface area contributed by atoms with E-state index in [4.69, 9.17) is 4.42 Å². The van der Waals surface area contributed by atoms with Crippen molar-refractivity contribution in [1.82, 2.24) is 20.0 Å². The number of halogens is 1. The number of aromatic nitrogens is 2. The van der Waals surface area contributed by atoms with Crippen LogP contribution in [0.15, 0.2) is 57.4 Å². The first kappa shape index (κ1) is 19.6. The minimum Gasteiger partial charge on any atom is -0.419 e. The molecule has 3 amide bonds. The average molecular weight is 481 g/mol. The molecule has 2 aromatic carbocycles. The first-order chi connectivity index (χ1) is 15.0. The van der Waals surface area contributed by atoms with E-state index in [1.54, 1.807) is 29.2 Å². The van der Waals surface area contributed by atoms with Crippen molar-refractivity contribution in [1.29, 1.82) is 0 Å². The first-order valence-corrected chi connectivity index (χ1v) is 10.6. The molecule has 0 saturated heterocycles. The predicted molar refractivity (Wildman–Crippen MR) is 113 cm³/mol. The lowest BCUT2D eigenvalue weighted by Crippen LogP contribution is -2.43. The standard InChI is InChI=1S/C22H17BrN4O4/c23-17-8-4-3-7-16(17)20-25-24-18(31-20)11-26(13-9-10-13)19(28)12-27-21(29)14-5-1-2-6-15(14)22(27)30/h1-8,13H,9-12H2. The second-order valence-corrected chi connectivity index (χ2v) is 8.33. The summed E-state index contributed by atoms with van der Waals surface area (Å²) in [6.45, 7) is -0.182. The summed E-state index contributed by atoms with van der Waals surface area (Å²) in [4.78, 5) is 40.8. The predicted octanol–water partition coefficient (Wildman–Crippen LogP) is 3.29. The zero-order chi connectivity index (χ0) is 21.5. The molecule has 0 atom stereocenters. The van der Waals surface area contributed by atoms with E-state index in [1.165, 1.54) is 0 Å². The van der Waals surface area contributed by atoms with Crippen molar-refractivity contribution in [2.24, 2.45) is 0 Å². The Morgan fingerprint density at radius 1 is 1.00 bits per heavy atom. The third kappa shape index (κ3) is 3.65. The van der Waals surface area contributed by atoms with Crippen molar-refractivity contribution in [3.63, 3.8) is 0 Å². The van der Waals surface area contributed by atoms with Crippen LogP contribution in [0, 0.1) is 0 Å². The third-order valence-corrected chi connectivity index (χ3v) is 6.05. The number of nitrogens with zero attached hydrogens (tertiary/aromatic N) is 4. The lowest BCUT2D eigenvalue weighted by atomic mass is 10.1. The van der Waals surface area contributed by atoms with Crippen molar-refractivity contribution in [2.45, 2.75) is 25.4 Å². The van der Waals surface area contributed by atoms with Crippen LogP contribution in [0.4, 0.5) is 0 Å². The highest BCUT2D eigenvalue weighted by atomic mass is 79.9. The maximum Gasteiger partial charge on any atom is 0.262 e. The van der Waals surface area contributed by atoms with Gasteiger partial charge < -0.3 is 9.32 Å². The fourth-order valence-electron chi connectivity index (χ4n) is 3.62. The van der Waals surface area contributed by atoms with Gasteiger partial charge in [-0.25, -0.2) is 0 Å². The Hall–Kier alpha value is -3.33. The van der Waals surface area contributed by atoms with Gasteiger partial charge in [-0.3, -0.25) is 19.3 Å². The molecular weight excluding hydrogens is 464 g/mol. The molecule has 1 aliphatic carbocycles. The Balaban J connectivity index is 1.32. The van der Waals surface area contributed by atoms with Crippen LogP contribution in [0.3, 0.4) is 0 Å². The maximum absolute atomic E-state index is 13.0. The van der Waals surface area contributed by atoms with Gasteiger partial charge >= 0.3 is 0 Å². The summed E-state index contributed by atoms with van der Waals surface area (Å²) >= 11 is 3.46. The zero-order valence-corrected chi connectivity index (χ0v) is 17.9. The summed E-state index contributed by atoms with van der Waals surface area (Å²) in [6.07, 6.45) is 1.72. The number of hydrogen-bond acceptors (Lipinski definition) is 6. The monoisotopic (exact) mass is 480 g/mol. The molecule has 0 N–H and O–H groups in total. The molecule has 156 valence electrons. The fraction of sp³-hybridized carbons (Fsp3) is 0.227. The Kier molecular flexibility index (Phi) is 4.90. The van der Waals surface area contributed by atoms with Crippen LogP contribution >= 0.6 is 15.9 Å². The highest BCUT2D eigenvalue weighted by Gasteiger charge is 2.40. The van der Waals surface area contributed by atoms with Crippen LogP contribution in [-0.2, 0) is 11.3 Å². The number of benzene rings is 2. The molecule has 0 bridgehead atoms. The van der Waals surface area contributed by atoms with Gasteiger partial charge in [-0.2, -0.15) is 0 Å². The molecular formula is C22H17BrN4O4. The Labute approximate surface area is 186 Å². The van der Waals surface area contributed by atoms with Gasteiger partial charge in [0.2, 0.25) is 17.7 Å². The van der Waals surface area contributed by atoms with Gasteiger partial charge in [0.25, 0.3) is 11.8 Å². The van der Waals surface area contributed by atoms with E-state index in [2.05, 4.69) is 26.1 Å². The van der Waals surface area contributed by atoms with Crippen LogP contribution in [-0.4, -0.2) is 50.3 Å². The van der Waals surface area contributed by atoms with Gasteiger partial charge in [0.15, 0.2) is 0 Å². The number of rotatable bonds is 6. The number of imide groups is 1. The maximum atomic E-state index is 13.0. The number of carbonyl (C=O) groups excluding carboxylic acids is 3. The molecule has 0 spiro atoms. The molecule has 1 saturated carbocycles. The minimum absolute atomic E-state index is 0.0430. The van der Waals surface area contributed by atoms with Crippen LogP contribution in [0.25, 0.3) is 11.5 Å². The quantitative estimate of drug-likeness (QED) is 0.502. The molecule has 0 radical (unpaired) electrons. The van der Waals surface area contributed by atoms with Crippen LogP contribution in [0.2, 0.25) is 0 Å². The lowest BCUT2D eigenvalue weighted by Gasteiger charge is -2.23. The smallest absolute Gasteiger partial charge is 0.262 e. The third-order valence-electron chi connectivity index (χ3n) is 5.36. The Bertz CT molecular complexity index is 1170. The largest absolute Gasteiger partial charge is 0.419 e. The van der Waals surface area contributed by atoms with Crippen molar-refractivity contribution in [3.8, 4) is 11.5 Å². The number of fused-ring (bicyclic) bond motifs is 1. The molecule has 2 heterocycles. The molecule has 8 nitrogen and oxygen atoms in total.